The normalized spacial score (nSPS) is 10.1. The Morgan fingerprint density at radius 1 is 1.08 bits per heavy atom. The van der Waals surface area contributed by atoms with Crippen molar-refractivity contribution in [1.29, 1.82) is 0 Å². The van der Waals surface area contributed by atoms with Crippen molar-refractivity contribution < 1.29 is 28.9 Å². The lowest BCUT2D eigenvalue weighted by Crippen LogP contribution is -2.37. The molecule has 0 unspecified atom stereocenters. The van der Waals surface area contributed by atoms with Crippen molar-refractivity contribution in [3.05, 3.63) is 24.3 Å². The highest BCUT2D eigenvalue weighted by Gasteiger charge is 2.15. The monoisotopic (exact) mass is 339 g/mol. The Morgan fingerprint density at radius 3 is 2.25 bits per heavy atom. The highest BCUT2D eigenvalue weighted by molar-refractivity contribution is 5.78. The first-order valence-corrected chi connectivity index (χ1v) is 7.91. The van der Waals surface area contributed by atoms with Gasteiger partial charge < -0.3 is 24.2 Å². The summed E-state index contributed by atoms with van der Waals surface area (Å²) in [6.45, 7) is 2.91. The van der Waals surface area contributed by atoms with Crippen LogP contribution >= 0.6 is 0 Å². The minimum atomic E-state index is -0.385. The predicted molar refractivity (Wildman–Crippen MR) is 88.0 cm³/mol. The molecule has 0 aliphatic rings. The standard InChI is InChI=1S/C17H25NO6/c1-3-23-14-5-7-15(8-6-14)24-13-16(20)18(10-4-12-19)11-9-17(21)22-2/h5-8,19H,3-4,9-13H2,1-2H3. The fourth-order valence-corrected chi connectivity index (χ4v) is 1.99. The van der Waals surface area contributed by atoms with E-state index in [-0.39, 0.29) is 38.1 Å². The zero-order valence-electron chi connectivity index (χ0n) is 14.2. The first-order chi connectivity index (χ1) is 11.6. The van der Waals surface area contributed by atoms with E-state index in [1.54, 1.807) is 24.3 Å². The summed E-state index contributed by atoms with van der Waals surface area (Å²) in [5, 5.41) is 8.93. The fraction of sp³-hybridized carbons (Fsp3) is 0.529. The quantitative estimate of drug-likeness (QED) is 0.611. The summed E-state index contributed by atoms with van der Waals surface area (Å²) >= 11 is 0. The number of amides is 1. The van der Waals surface area contributed by atoms with Crippen LogP contribution in [0.5, 0.6) is 11.5 Å². The van der Waals surface area contributed by atoms with Gasteiger partial charge >= 0.3 is 5.97 Å². The lowest BCUT2D eigenvalue weighted by molar-refractivity contribution is -0.142. The largest absolute Gasteiger partial charge is 0.494 e. The molecule has 1 aromatic rings. The smallest absolute Gasteiger partial charge is 0.307 e. The summed E-state index contributed by atoms with van der Waals surface area (Å²) in [5.74, 6) is 0.658. The van der Waals surface area contributed by atoms with Crippen LogP contribution < -0.4 is 9.47 Å². The molecule has 0 aliphatic heterocycles. The summed E-state index contributed by atoms with van der Waals surface area (Å²) < 4.78 is 15.4. The molecular weight excluding hydrogens is 314 g/mol. The van der Waals surface area contributed by atoms with Crippen LogP contribution in [0.2, 0.25) is 0 Å². The summed E-state index contributed by atoms with van der Waals surface area (Å²) in [6, 6.07) is 6.99. The van der Waals surface area contributed by atoms with E-state index in [2.05, 4.69) is 4.74 Å². The molecule has 1 N–H and O–H groups in total. The van der Waals surface area contributed by atoms with Crippen molar-refractivity contribution in [3.8, 4) is 11.5 Å². The highest BCUT2D eigenvalue weighted by Crippen LogP contribution is 2.17. The van der Waals surface area contributed by atoms with Gasteiger partial charge in [-0.15, -0.1) is 0 Å². The van der Waals surface area contributed by atoms with Gasteiger partial charge in [0.25, 0.3) is 5.91 Å². The molecule has 134 valence electrons. The number of rotatable bonds is 11. The van der Waals surface area contributed by atoms with Gasteiger partial charge in [-0.3, -0.25) is 9.59 Å². The zero-order chi connectivity index (χ0) is 17.8. The van der Waals surface area contributed by atoms with E-state index < -0.39 is 0 Å². The van der Waals surface area contributed by atoms with E-state index in [9.17, 15) is 9.59 Å². The van der Waals surface area contributed by atoms with E-state index in [4.69, 9.17) is 14.6 Å². The van der Waals surface area contributed by atoms with Crippen LogP contribution in [0.25, 0.3) is 0 Å². The molecule has 0 spiro atoms. The maximum atomic E-state index is 12.2. The van der Waals surface area contributed by atoms with Crippen LogP contribution in [-0.4, -0.2) is 61.9 Å². The van der Waals surface area contributed by atoms with Crippen molar-refractivity contribution in [2.45, 2.75) is 19.8 Å². The van der Waals surface area contributed by atoms with E-state index >= 15 is 0 Å². The van der Waals surface area contributed by atoms with Crippen molar-refractivity contribution in [2.75, 3.05) is 40.0 Å². The van der Waals surface area contributed by atoms with Gasteiger partial charge in [0, 0.05) is 19.7 Å². The number of hydrogen-bond acceptors (Lipinski definition) is 6. The summed E-state index contributed by atoms with van der Waals surface area (Å²) in [6.07, 6.45) is 0.548. The number of aliphatic hydroxyl groups excluding tert-OH is 1. The molecule has 0 atom stereocenters. The number of benzene rings is 1. The van der Waals surface area contributed by atoms with E-state index in [0.29, 0.717) is 25.3 Å². The third-order valence-corrected chi connectivity index (χ3v) is 3.25. The minimum Gasteiger partial charge on any atom is -0.494 e. The Balaban J connectivity index is 2.51. The van der Waals surface area contributed by atoms with Gasteiger partial charge in [0.05, 0.1) is 20.1 Å². The van der Waals surface area contributed by atoms with Crippen molar-refractivity contribution >= 4 is 11.9 Å². The van der Waals surface area contributed by atoms with Gasteiger partial charge in [-0.25, -0.2) is 0 Å². The average Bonchev–Trinajstić information content (AvgIpc) is 2.61. The number of esters is 1. The Morgan fingerprint density at radius 2 is 1.71 bits per heavy atom. The Kier molecular flexibility index (Phi) is 9.29. The summed E-state index contributed by atoms with van der Waals surface area (Å²) in [5.41, 5.74) is 0. The molecule has 7 heteroatoms. The number of carbonyl (C=O) groups excluding carboxylic acids is 2. The average molecular weight is 339 g/mol. The SMILES string of the molecule is CCOc1ccc(OCC(=O)N(CCCO)CCC(=O)OC)cc1. The molecule has 0 radical (unpaired) electrons. The number of ether oxygens (including phenoxy) is 3. The number of aliphatic hydroxyl groups is 1. The third-order valence-electron chi connectivity index (χ3n) is 3.25. The Labute approximate surface area is 142 Å². The minimum absolute atomic E-state index is 0.0260. The van der Waals surface area contributed by atoms with Gasteiger partial charge in [0.2, 0.25) is 0 Å². The molecule has 24 heavy (non-hydrogen) atoms. The molecule has 0 aromatic heterocycles. The number of methoxy groups -OCH3 is 1. The molecule has 1 rings (SSSR count). The molecular formula is C17H25NO6. The molecule has 0 saturated heterocycles. The predicted octanol–water partition coefficient (Wildman–Crippen LogP) is 1.24. The maximum absolute atomic E-state index is 12.2. The highest BCUT2D eigenvalue weighted by atomic mass is 16.5. The molecule has 0 fully saturated rings. The van der Waals surface area contributed by atoms with Crippen LogP contribution in [0.1, 0.15) is 19.8 Å². The second kappa shape index (κ2) is 11.3. The zero-order valence-corrected chi connectivity index (χ0v) is 14.2. The van der Waals surface area contributed by atoms with Crippen LogP contribution in [-0.2, 0) is 14.3 Å². The van der Waals surface area contributed by atoms with E-state index in [1.165, 1.54) is 12.0 Å². The van der Waals surface area contributed by atoms with Gasteiger partial charge in [-0.2, -0.15) is 0 Å². The Hall–Kier alpha value is -2.28. The van der Waals surface area contributed by atoms with Crippen LogP contribution in [0.4, 0.5) is 0 Å². The summed E-state index contributed by atoms with van der Waals surface area (Å²) in [4.78, 5) is 24.9. The van der Waals surface area contributed by atoms with Gasteiger partial charge in [0.15, 0.2) is 6.61 Å². The lowest BCUT2D eigenvalue weighted by atomic mass is 10.3. The number of hydrogen-bond donors (Lipinski definition) is 1. The molecule has 1 amide bonds. The van der Waals surface area contributed by atoms with Crippen molar-refractivity contribution in [1.82, 2.24) is 4.90 Å². The molecule has 1 aromatic carbocycles. The second-order valence-electron chi connectivity index (χ2n) is 4.98. The van der Waals surface area contributed by atoms with Crippen molar-refractivity contribution in [2.24, 2.45) is 0 Å². The van der Waals surface area contributed by atoms with Crippen LogP contribution in [0.15, 0.2) is 24.3 Å². The first-order valence-electron chi connectivity index (χ1n) is 7.91. The molecule has 0 aliphatic carbocycles. The van der Waals surface area contributed by atoms with Crippen molar-refractivity contribution in [3.63, 3.8) is 0 Å². The maximum Gasteiger partial charge on any atom is 0.307 e. The Bertz CT molecular complexity index is 502. The van der Waals surface area contributed by atoms with Gasteiger partial charge in [0.1, 0.15) is 11.5 Å². The van der Waals surface area contributed by atoms with E-state index in [0.717, 1.165) is 5.75 Å². The topological polar surface area (TPSA) is 85.3 Å². The van der Waals surface area contributed by atoms with Crippen LogP contribution in [0.3, 0.4) is 0 Å². The second-order valence-corrected chi connectivity index (χ2v) is 4.98. The number of nitrogens with zero attached hydrogens (tertiary/aromatic N) is 1. The lowest BCUT2D eigenvalue weighted by Gasteiger charge is -2.22. The third kappa shape index (κ3) is 7.32. The first kappa shape index (κ1) is 19.8. The summed E-state index contributed by atoms with van der Waals surface area (Å²) in [7, 11) is 1.30. The van der Waals surface area contributed by atoms with E-state index in [1.807, 2.05) is 6.92 Å². The fourth-order valence-electron chi connectivity index (χ4n) is 1.99. The van der Waals surface area contributed by atoms with Gasteiger partial charge in [-0.1, -0.05) is 0 Å². The number of carbonyl (C=O) groups is 2. The van der Waals surface area contributed by atoms with Crippen LogP contribution in [0, 0.1) is 0 Å². The molecule has 7 nitrogen and oxygen atoms in total. The molecule has 0 saturated carbocycles. The molecule has 0 heterocycles. The van der Waals surface area contributed by atoms with Gasteiger partial charge in [-0.05, 0) is 37.6 Å². The molecule has 0 bridgehead atoms.